The van der Waals surface area contributed by atoms with Gasteiger partial charge in [-0.1, -0.05) is 0 Å². The highest BCUT2D eigenvalue weighted by atomic mass is 16.4. The van der Waals surface area contributed by atoms with E-state index >= 15 is 0 Å². The molecule has 1 amide bonds. The largest absolute Gasteiger partial charge is 0.480 e. The quantitative estimate of drug-likeness (QED) is 0.558. The molecule has 3 N–H and O–H groups in total. The molecule has 5 heteroatoms. The number of carboxylic acids is 1. The summed E-state index contributed by atoms with van der Waals surface area (Å²) in [6.45, 7) is 0.331. The average molecular weight is 188 g/mol. The molecule has 0 saturated heterocycles. The van der Waals surface area contributed by atoms with E-state index in [0.29, 0.717) is 13.0 Å². The van der Waals surface area contributed by atoms with Gasteiger partial charge in [0.05, 0.1) is 0 Å². The molecule has 0 spiro atoms. The third kappa shape index (κ3) is 6.10. The molecule has 0 aliphatic carbocycles. The fraction of sp³-hybridized carbons (Fsp3) is 0.750. The lowest BCUT2D eigenvalue weighted by Gasteiger charge is -2.13. The Morgan fingerprint density at radius 2 is 2.00 bits per heavy atom. The van der Waals surface area contributed by atoms with Gasteiger partial charge in [0.15, 0.2) is 0 Å². The molecule has 0 saturated carbocycles. The number of nitrogens with zero attached hydrogens (tertiary/aromatic N) is 1. The molecular formula is C8H16N2O3. The number of rotatable bonds is 6. The molecular weight excluding hydrogens is 172 g/mol. The van der Waals surface area contributed by atoms with E-state index in [2.05, 4.69) is 0 Å². The Balaban J connectivity index is 3.63. The van der Waals surface area contributed by atoms with Gasteiger partial charge in [-0.15, -0.1) is 0 Å². The minimum Gasteiger partial charge on any atom is -0.480 e. The Kier molecular flexibility index (Phi) is 5.88. The van der Waals surface area contributed by atoms with Gasteiger partial charge in [0.2, 0.25) is 5.91 Å². The second-order valence-electron chi connectivity index (χ2n) is 2.89. The predicted octanol–water partition coefficient (Wildman–Crippen LogP) is -0.342. The number of hydrogen-bond donors (Lipinski definition) is 2. The SMILES string of the molecule is CN(CC(=O)O)C(=O)CCCCN. The van der Waals surface area contributed by atoms with Crippen molar-refractivity contribution in [1.29, 1.82) is 0 Å². The zero-order valence-corrected chi connectivity index (χ0v) is 7.82. The lowest BCUT2D eigenvalue weighted by Crippen LogP contribution is -2.31. The minimum atomic E-state index is -0.991. The van der Waals surface area contributed by atoms with Crippen LogP contribution in [0.4, 0.5) is 0 Å². The summed E-state index contributed by atoms with van der Waals surface area (Å²) >= 11 is 0. The van der Waals surface area contributed by atoms with Crippen molar-refractivity contribution in [2.75, 3.05) is 20.1 Å². The van der Waals surface area contributed by atoms with Crippen LogP contribution in [0.3, 0.4) is 0 Å². The summed E-state index contributed by atoms with van der Waals surface area (Å²) in [5.74, 6) is -1.13. The van der Waals surface area contributed by atoms with E-state index in [1.165, 1.54) is 11.9 Å². The minimum absolute atomic E-state index is 0.143. The summed E-state index contributed by atoms with van der Waals surface area (Å²) in [5, 5.41) is 8.39. The number of unbranched alkanes of at least 4 members (excludes halogenated alkanes) is 1. The van der Waals surface area contributed by atoms with Crippen molar-refractivity contribution >= 4 is 11.9 Å². The maximum Gasteiger partial charge on any atom is 0.323 e. The molecule has 0 fully saturated rings. The molecule has 0 unspecified atom stereocenters. The summed E-state index contributed by atoms with van der Waals surface area (Å²) in [5.41, 5.74) is 5.25. The standard InChI is InChI=1S/C8H16N2O3/c1-10(6-8(12)13)7(11)4-2-3-5-9/h2-6,9H2,1H3,(H,12,13). The van der Waals surface area contributed by atoms with Crippen LogP contribution >= 0.6 is 0 Å². The van der Waals surface area contributed by atoms with Crippen LogP contribution in [-0.2, 0) is 9.59 Å². The van der Waals surface area contributed by atoms with Gasteiger partial charge in [0.25, 0.3) is 0 Å². The van der Waals surface area contributed by atoms with Gasteiger partial charge < -0.3 is 15.7 Å². The Hall–Kier alpha value is -1.10. The van der Waals surface area contributed by atoms with E-state index in [1.54, 1.807) is 0 Å². The highest BCUT2D eigenvalue weighted by molar-refractivity contribution is 5.80. The van der Waals surface area contributed by atoms with Crippen LogP contribution in [0.1, 0.15) is 19.3 Å². The van der Waals surface area contributed by atoms with Crippen LogP contribution in [-0.4, -0.2) is 42.0 Å². The van der Waals surface area contributed by atoms with E-state index in [9.17, 15) is 9.59 Å². The third-order valence-electron chi connectivity index (χ3n) is 1.64. The van der Waals surface area contributed by atoms with Crippen molar-refractivity contribution in [2.24, 2.45) is 5.73 Å². The van der Waals surface area contributed by atoms with Gasteiger partial charge in [-0.3, -0.25) is 9.59 Å². The normalized spacial score (nSPS) is 9.69. The summed E-state index contributed by atoms with van der Waals surface area (Å²) in [6.07, 6.45) is 1.90. The van der Waals surface area contributed by atoms with E-state index in [4.69, 9.17) is 10.8 Å². The van der Waals surface area contributed by atoms with E-state index in [-0.39, 0.29) is 12.5 Å². The second-order valence-corrected chi connectivity index (χ2v) is 2.89. The highest BCUT2D eigenvalue weighted by Gasteiger charge is 2.10. The van der Waals surface area contributed by atoms with Gasteiger partial charge in [-0.25, -0.2) is 0 Å². The molecule has 0 heterocycles. The monoisotopic (exact) mass is 188 g/mol. The maximum atomic E-state index is 11.2. The van der Waals surface area contributed by atoms with Gasteiger partial charge >= 0.3 is 5.97 Å². The summed E-state index contributed by atoms with van der Waals surface area (Å²) in [4.78, 5) is 22.6. The van der Waals surface area contributed by atoms with Crippen LogP contribution in [0.15, 0.2) is 0 Å². The molecule has 0 bridgehead atoms. The van der Waals surface area contributed by atoms with Crippen LogP contribution < -0.4 is 5.73 Å². The Morgan fingerprint density at radius 1 is 1.38 bits per heavy atom. The lowest BCUT2D eigenvalue weighted by atomic mass is 10.2. The number of carboxylic acid groups (broad SMARTS) is 1. The van der Waals surface area contributed by atoms with E-state index in [1.807, 2.05) is 0 Å². The van der Waals surface area contributed by atoms with Crippen molar-refractivity contribution in [3.05, 3.63) is 0 Å². The van der Waals surface area contributed by atoms with Crippen molar-refractivity contribution in [3.8, 4) is 0 Å². The van der Waals surface area contributed by atoms with Crippen molar-refractivity contribution in [1.82, 2.24) is 4.90 Å². The fourth-order valence-corrected chi connectivity index (χ4v) is 0.902. The molecule has 5 nitrogen and oxygen atoms in total. The van der Waals surface area contributed by atoms with E-state index < -0.39 is 5.97 Å². The molecule has 13 heavy (non-hydrogen) atoms. The first-order valence-electron chi connectivity index (χ1n) is 4.23. The van der Waals surface area contributed by atoms with Gasteiger partial charge in [-0.2, -0.15) is 0 Å². The zero-order valence-electron chi connectivity index (χ0n) is 7.82. The van der Waals surface area contributed by atoms with Gasteiger partial charge in [-0.05, 0) is 19.4 Å². The molecule has 0 radical (unpaired) electrons. The first-order valence-corrected chi connectivity index (χ1v) is 4.23. The number of hydrogen-bond acceptors (Lipinski definition) is 3. The topological polar surface area (TPSA) is 83.6 Å². The molecule has 0 atom stereocenters. The van der Waals surface area contributed by atoms with E-state index in [0.717, 1.165) is 12.8 Å². The molecule has 0 aromatic heterocycles. The van der Waals surface area contributed by atoms with Gasteiger partial charge in [0.1, 0.15) is 6.54 Å². The zero-order chi connectivity index (χ0) is 10.3. The predicted molar refractivity (Wildman–Crippen MR) is 48.2 cm³/mol. The highest BCUT2D eigenvalue weighted by Crippen LogP contribution is 1.97. The van der Waals surface area contributed by atoms with Crippen LogP contribution in [0.25, 0.3) is 0 Å². The summed E-state index contributed by atoms with van der Waals surface area (Å²) in [7, 11) is 1.49. The molecule has 0 rings (SSSR count). The number of nitrogens with two attached hydrogens (primary N) is 1. The molecule has 0 aromatic carbocycles. The fourth-order valence-electron chi connectivity index (χ4n) is 0.902. The Bertz CT molecular complexity index is 182. The average Bonchev–Trinajstić information content (AvgIpc) is 2.03. The molecule has 0 aliphatic heterocycles. The number of carbonyl (C=O) groups is 2. The number of likely N-dealkylation sites (N-methyl/N-ethyl adjacent to an activating group) is 1. The van der Waals surface area contributed by atoms with Crippen LogP contribution in [0.2, 0.25) is 0 Å². The number of aliphatic carboxylic acids is 1. The molecule has 76 valence electrons. The summed E-state index contributed by atoms with van der Waals surface area (Å²) in [6, 6.07) is 0. The lowest BCUT2D eigenvalue weighted by molar-refractivity contribution is -0.143. The maximum absolute atomic E-state index is 11.2. The van der Waals surface area contributed by atoms with Crippen molar-refractivity contribution in [3.63, 3.8) is 0 Å². The van der Waals surface area contributed by atoms with Gasteiger partial charge in [0, 0.05) is 13.5 Å². The summed E-state index contributed by atoms with van der Waals surface area (Å²) < 4.78 is 0. The third-order valence-corrected chi connectivity index (χ3v) is 1.64. The second kappa shape index (κ2) is 6.42. The van der Waals surface area contributed by atoms with Crippen LogP contribution in [0, 0.1) is 0 Å². The first-order chi connectivity index (χ1) is 6.07. The Morgan fingerprint density at radius 3 is 2.46 bits per heavy atom. The van der Waals surface area contributed by atoms with Crippen molar-refractivity contribution < 1.29 is 14.7 Å². The smallest absolute Gasteiger partial charge is 0.323 e. The molecule has 0 aliphatic rings. The first kappa shape index (κ1) is 11.9. The van der Waals surface area contributed by atoms with Crippen molar-refractivity contribution in [2.45, 2.75) is 19.3 Å². The number of amides is 1. The number of carbonyl (C=O) groups excluding carboxylic acids is 1. The molecule has 0 aromatic rings. The Labute approximate surface area is 77.5 Å². The van der Waals surface area contributed by atoms with Crippen LogP contribution in [0.5, 0.6) is 0 Å².